The second-order valence-corrected chi connectivity index (χ2v) is 2.23. The summed E-state index contributed by atoms with van der Waals surface area (Å²) < 4.78 is 0. The Kier molecular flexibility index (Phi) is 3.95. The molecule has 0 aromatic rings. The van der Waals surface area contributed by atoms with Gasteiger partial charge in [-0.3, -0.25) is 4.79 Å². The minimum absolute atomic E-state index is 0.0353. The molecule has 0 fully saturated rings. The molecular formula is C7H12N2O2. The van der Waals surface area contributed by atoms with Crippen molar-refractivity contribution in [3.8, 4) is 0 Å². The first-order valence-corrected chi connectivity index (χ1v) is 3.16. The van der Waals surface area contributed by atoms with Gasteiger partial charge in [-0.2, -0.15) is 0 Å². The molecule has 1 heterocycles. The van der Waals surface area contributed by atoms with Gasteiger partial charge in [-0.1, -0.05) is 0 Å². The smallest absolute Gasteiger partial charge is 0.249 e. The maximum atomic E-state index is 10.7. The van der Waals surface area contributed by atoms with E-state index in [1.165, 1.54) is 0 Å². The minimum atomic E-state index is 0.0353. The van der Waals surface area contributed by atoms with Gasteiger partial charge >= 0.3 is 0 Å². The second kappa shape index (κ2) is 4.49. The van der Waals surface area contributed by atoms with Crippen LogP contribution in [-0.4, -0.2) is 31.3 Å². The normalized spacial score (nSPS) is 16.0. The summed E-state index contributed by atoms with van der Waals surface area (Å²) in [6, 6.07) is 0. The lowest BCUT2D eigenvalue weighted by atomic mass is 10.3. The first-order valence-electron chi connectivity index (χ1n) is 3.16. The van der Waals surface area contributed by atoms with Gasteiger partial charge < -0.3 is 15.0 Å². The Morgan fingerprint density at radius 1 is 1.64 bits per heavy atom. The molecule has 1 rings (SSSR count). The van der Waals surface area contributed by atoms with Gasteiger partial charge in [0.15, 0.2) is 0 Å². The molecular weight excluding hydrogens is 144 g/mol. The van der Waals surface area contributed by atoms with Crippen LogP contribution in [-0.2, 0) is 9.59 Å². The standard InChI is InChI=1S/C6H10N2O.CH2O/c1-5-3-8(2)4-7-6(5)9;1-2/h3H,4H2,1-2H3,(H,7,9);1H2. The Balaban J connectivity index is 0.000000461. The van der Waals surface area contributed by atoms with Gasteiger partial charge in [0.2, 0.25) is 5.91 Å². The van der Waals surface area contributed by atoms with Gasteiger partial charge in [-0.25, -0.2) is 0 Å². The van der Waals surface area contributed by atoms with Crippen LogP contribution in [0.15, 0.2) is 11.8 Å². The zero-order valence-electron chi connectivity index (χ0n) is 6.76. The number of carbonyl (C=O) groups is 2. The van der Waals surface area contributed by atoms with Crippen molar-refractivity contribution in [3.63, 3.8) is 0 Å². The molecule has 0 aromatic heterocycles. The molecule has 1 aliphatic rings. The number of nitrogens with zero attached hydrogens (tertiary/aromatic N) is 1. The highest BCUT2D eigenvalue weighted by Gasteiger charge is 2.09. The molecule has 0 atom stereocenters. The molecule has 4 nitrogen and oxygen atoms in total. The topological polar surface area (TPSA) is 49.4 Å². The highest BCUT2D eigenvalue weighted by atomic mass is 16.2. The van der Waals surface area contributed by atoms with E-state index >= 15 is 0 Å². The molecule has 0 saturated carbocycles. The van der Waals surface area contributed by atoms with Gasteiger partial charge in [0, 0.05) is 18.8 Å². The van der Waals surface area contributed by atoms with E-state index in [2.05, 4.69) is 5.32 Å². The first-order chi connectivity index (χ1) is 5.20. The fraction of sp³-hybridized carbons (Fsp3) is 0.429. The Morgan fingerprint density at radius 3 is 2.55 bits per heavy atom. The zero-order valence-corrected chi connectivity index (χ0v) is 6.76. The molecule has 1 aliphatic heterocycles. The molecule has 4 heteroatoms. The number of hydrogen-bond donors (Lipinski definition) is 1. The zero-order chi connectivity index (χ0) is 8.85. The average molecular weight is 156 g/mol. The van der Waals surface area contributed by atoms with Gasteiger partial charge in [-0.05, 0) is 6.92 Å². The lowest BCUT2D eigenvalue weighted by Crippen LogP contribution is -2.37. The molecule has 1 amide bonds. The second-order valence-electron chi connectivity index (χ2n) is 2.23. The number of amides is 1. The van der Waals surface area contributed by atoms with Crippen LogP contribution in [0.5, 0.6) is 0 Å². The maximum Gasteiger partial charge on any atom is 0.249 e. The molecule has 0 unspecified atom stereocenters. The highest BCUT2D eigenvalue weighted by molar-refractivity contribution is 5.93. The quantitative estimate of drug-likeness (QED) is 0.525. The maximum absolute atomic E-state index is 10.7. The largest absolute Gasteiger partial charge is 0.363 e. The Labute approximate surface area is 65.9 Å². The SMILES string of the molecule is C=O.CC1=CN(C)CNC1=O. The molecule has 0 aliphatic carbocycles. The predicted octanol–water partition coefficient (Wildman–Crippen LogP) is -0.276. The van der Waals surface area contributed by atoms with Crippen molar-refractivity contribution in [1.82, 2.24) is 10.2 Å². The summed E-state index contributed by atoms with van der Waals surface area (Å²) in [5.74, 6) is 0.0353. The van der Waals surface area contributed by atoms with E-state index in [-0.39, 0.29) is 5.91 Å². The van der Waals surface area contributed by atoms with Crippen molar-refractivity contribution in [2.45, 2.75) is 6.92 Å². The van der Waals surface area contributed by atoms with Crippen LogP contribution in [0.25, 0.3) is 0 Å². The van der Waals surface area contributed by atoms with Crippen LogP contribution in [0.2, 0.25) is 0 Å². The third-order valence-electron chi connectivity index (χ3n) is 1.26. The van der Waals surface area contributed by atoms with Crippen molar-refractivity contribution >= 4 is 12.7 Å². The summed E-state index contributed by atoms with van der Waals surface area (Å²) >= 11 is 0. The molecule has 0 aromatic carbocycles. The summed E-state index contributed by atoms with van der Waals surface area (Å²) in [5.41, 5.74) is 0.767. The number of rotatable bonds is 0. The Hall–Kier alpha value is -1.32. The molecule has 1 N–H and O–H groups in total. The van der Waals surface area contributed by atoms with Crippen molar-refractivity contribution in [1.29, 1.82) is 0 Å². The monoisotopic (exact) mass is 156 g/mol. The third kappa shape index (κ3) is 2.84. The van der Waals surface area contributed by atoms with E-state index in [9.17, 15) is 4.79 Å². The summed E-state index contributed by atoms with van der Waals surface area (Å²) in [7, 11) is 1.92. The summed E-state index contributed by atoms with van der Waals surface area (Å²) in [5, 5.41) is 2.70. The molecule has 0 saturated heterocycles. The van der Waals surface area contributed by atoms with Crippen molar-refractivity contribution < 1.29 is 9.59 Å². The fourth-order valence-electron chi connectivity index (χ4n) is 0.771. The lowest BCUT2D eigenvalue weighted by Gasteiger charge is -2.20. The third-order valence-corrected chi connectivity index (χ3v) is 1.26. The predicted molar refractivity (Wildman–Crippen MR) is 41.7 cm³/mol. The number of carbonyl (C=O) groups excluding carboxylic acids is 2. The van der Waals surface area contributed by atoms with Crippen LogP contribution < -0.4 is 5.32 Å². The number of hydrogen-bond acceptors (Lipinski definition) is 3. The molecule has 0 bridgehead atoms. The first kappa shape index (κ1) is 9.68. The molecule has 0 radical (unpaired) electrons. The van der Waals surface area contributed by atoms with E-state index in [0.29, 0.717) is 6.67 Å². The van der Waals surface area contributed by atoms with Crippen LogP contribution in [0.3, 0.4) is 0 Å². The average Bonchev–Trinajstić information content (AvgIpc) is 2.02. The lowest BCUT2D eigenvalue weighted by molar-refractivity contribution is -0.118. The van der Waals surface area contributed by atoms with E-state index < -0.39 is 0 Å². The van der Waals surface area contributed by atoms with Crippen LogP contribution >= 0.6 is 0 Å². The van der Waals surface area contributed by atoms with Crippen molar-refractivity contribution in [3.05, 3.63) is 11.8 Å². The highest BCUT2D eigenvalue weighted by Crippen LogP contribution is 1.99. The number of nitrogens with one attached hydrogen (secondary N) is 1. The van der Waals surface area contributed by atoms with E-state index in [0.717, 1.165) is 5.57 Å². The van der Waals surface area contributed by atoms with Crippen LogP contribution in [0.1, 0.15) is 6.92 Å². The molecule has 0 spiro atoms. The van der Waals surface area contributed by atoms with E-state index in [1.807, 2.05) is 24.9 Å². The molecule has 11 heavy (non-hydrogen) atoms. The Morgan fingerprint density at radius 2 is 2.18 bits per heavy atom. The van der Waals surface area contributed by atoms with Crippen molar-refractivity contribution in [2.24, 2.45) is 0 Å². The van der Waals surface area contributed by atoms with E-state index in [1.54, 1.807) is 6.92 Å². The summed E-state index contributed by atoms with van der Waals surface area (Å²) in [6.07, 6.45) is 1.83. The van der Waals surface area contributed by atoms with Gasteiger partial charge in [-0.15, -0.1) is 0 Å². The summed E-state index contributed by atoms with van der Waals surface area (Å²) in [4.78, 5) is 20.7. The van der Waals surface area contributed by atoms with Crippen LogP contribution in [0, 0.1) is 0 Å². The van der Waals surface area contributed by atoms with E-state index in [4.69, 9.17) is 4.79 Å². The van der Waals surface area contributed by atoms with Crippen LogP contribution in [0.4, 0.5) is 0 Å². The summed E-state index contributed by atoms with van der Waals surface area (Å²) in [6.45, 7) is 4.42. The Bertz CT molecular complexity index is 177. The van der Waals surface area contributed by atoms with Gasteiger partial charge in [0.25, 0.3) is 0 Å². The van der Waals surface area contributed by atoms with Crippen molar-refractivity contribution in [2.75, 3.05) is 13.7 Å². The molecule has 62 valence electrons. The fourth-order valence-corrected chi connectivity index (χ4v) is 0.771. The van der Waals surface area contributed by atoms with Gasteiger partial charge in [0.1, 0.15) is 6.79 Å². The minimum Gasteiger partial charge on any atom is -0.363 e. The van der Waals surface area contributed by atoms with Gasteiger partial charge in [0.05, 0.1) is 6.67 Å².